The van der Waals surface area contributed by atoms with Crippen molar-refractivity contribution in [2.24, 2.45) is 0 Å². The predicted molar refractivity (Wildman–Crippen MR) is 82.8 cm³/mol. The van der Waals surface area contributed by atoms with Gasteiger partial charge in [0.25, 0.3) is 0 Å². The van der Waals surface area contributed by atoms with Gasteiger partial charge in [0.1, 0.15) is 0 Å². The van der Waals surface area contributed by atoms with Gasteiger partial charge in [-0.25, -0.2) is 18.1 Å². The van der Waals surface area contributed by atoms with Gasteiger partial charge in [-0.2, -0.15) is 0 Å². The second kappa shape index (κ2) is 6.45. The zero-order chi connectivity index (χ0) is 13.9. The molecule has 0 saturated heterocycles. The summed E-state index contributed by atoms with van der Waals surface area (Å²) >= 11 is 8.06. The molecule has 0 aliphatic carbocycles. The molecule has 0 aliphatic heterocycles. The number of hydrogen-bond acceptors (Lipinski definition) is 4. The lowest BCUT2D eigenvalue weighted by atomic mass is 10.4. The molecule has 2 rings (SSSR count). The number of hydrogen-bond donors (Lipinski definition) is 1. The topological polar surface area (TPSA) is 59.1 Å². The van der Waals surface area contributed by atoms with Gasteiger partial charge in [0.05, 0.1) is 9.90 Å². The molecule has 0 bridgehead atoms. The van der Waals surface area contributed by atoms with Crippen molar-refractivity contribution >= 4 is 53.2 Å². The minimum Gasteiger partial charge on any atom is -0.250 e. The third-order valence-electron chi connectivity index (χ3n) is 2.30. The fraction of sp³-hybridized carbons (Fsp3) is 0.182. The van der Waals surface area contributed by atoms with Crippen molar-refractivity contribution < 1.29 is 8.42 Å². The summed E-state index contributed by atoms with van der Waals surface area (Å²) in [7, 11) is -3.50. The molecule has 0 unspecified atom stereocenters. The molecule has 0 radical (unpaired) electrons. The number of benzene rings is 1. The first kappa shape index (κ1) is 15.1. The van der Waals surface area contributed by atoms with E-state index in [1.54, 1.807) is 24.4 Å². The molecule has 19 heavy (non-hydrogen) atoms. The average Bonchev–Trinajstić information content (AvgIpc) is 2.81. The zero-order valence-corrected chi connectivity index (χ0v) is 14.4. The van der Waals surface area contributed by atoms with Gasteiger partial charge in [-0.3, -0.25) is 0 Å². The van der Waals surface area contributed by atoms with E-state index in [1.165, 1.54) is 11.3 Å². The Kier molecular flexibility index (Phi) is 5.13. The van der Waals surface area contributed by atoms with Crippen molar-refractivity contribution in [3.05, 3.63) is 43.7 Å². The first-order valence-electron chi connectivity index (χ1n) is 5.32. The minimum absolute atomic E-state index is 0.231. The van der Waals surface area contributed by atoms with Gasteiger partial charge in [0.15, 0.2) is 0 Å². The largest absolute Gasteiger partial charge is 0.250 e. The van der Waals surface area contributed by atoms with Gasteiger partial charge >= 0.3 is 0 Å². The Morgan fingerprint density at radius 1 is 1.32 bits per heavy atom. The van der Waals surface area contributed by atoms with Crippen LogP contribution < -0.4 is 4.72 Å². The molecule has 0 spiro atoms. The Labute approximate surface area is 132 Å². The van der Waals surface area contributed by atoms with Gasteiger partial charge in [-0.15, -0.1) is 11.3 Å². The summed E-state index contributed by atoms with van der Waals surface area (Å²) in [5.74, 6) is 0. The summed E-state index contributed by atoms with van der Waals surface area (Å²) < 4.78 is 28.2. The molecule has 102 valence electrons. The second-order valence-corrected chi connectivity index (χ2v) is 8.13. The Balaban J connectivity index is 2.05. The molecule has 8 heteroatoms. The number of halogens is 2. The number of rotatable bonds is 5. The highest BCUT2D eigenvalue weighted by Gasteiger charge is 2.17. The summed E-state index contributed by atoms with van der Waals surface area (Å²) in [6, 6.07) is 4.95. The molecule has 4 nitrogen and oxygen atoms in total. The third-order valence-corrected chi connectivity index (χ3v) is 6.07. The smallest absolute Gasteiger partial charge is 0.241 e. The second-order valence-electron chi connectivity index (χ2n) is 3.65. The molecular formula is C11H10Br2N2O2S2. The summed E-state index contributed by atoms with van der Waals surface area (Å²) in [6.45, 7) is 0.332. The van der Waals surface area contributed by atoms with Crippen LogP contribution >= 0.6 is 43.2 Å². The predicted octanol–water partition coefficient (Wildman–Crippen LogP) is 3.19. The summed E-state index contributed by atoms with van der Waals surface area (Å²) in [4.78, 5) is 4.34. The van der Waals surface area contributed by atoms with Gasteiger partial charge in [-0.1, -0.05) is 15.9 Å². The molecule has 1 aromatic carbocycles. The van der Waals surface area contributed by atoms with Crippen molar-refractivity contribution in [1.29, 1.82) is 0 Å². The summed E-state index contributed by atoms with van der Waals surface area (Å²) in [6.07, 6.45) is 2.30. The standard InChI is InChI=1S/C11H10Br2N2O2S2/c12-8-1-2-10(9(13)7-8)19(16,17)15-4-3-11-14-5-6-18-11/h1-2,5-7,15H,3-4H2. The molecule has 1 N–H and O–H groups in total. The monoisotopic (exact) mass is 424 g/mol. The van der Waals surface area contributed by atoms with Gasteiger partial charge in [0.2, 0.25) is 10.0 Å². The van der Waals surface area contributed by atoms with Crippen molar-refractivity contribution in [3.8, 4) is 0 Å². The van der Waals surface area contributed by atoms with Crippen LogP contribution in [0.5, 0.6) is 0 Å². The van der Waals surface area contributed by atoms with Crippen LogP contribution in [0.3, 0.4) is 0 Å². The quantitative estimate of drug-likeness (QED) is 0.800. The Bertz CT molecular complexity index is 657. The Hall–Kier alpha value is -0.280. The van der Waals surface area contributed by atoms with Crippen molar-refractivity contribution in [2.75, 3.05) is 6.54 Å². The molecule has 0 saturated carbocycles. The molecular weight excluding hydrogens is 416 g/mol. The van der Waals surface area contributed by atoms with Crippen LogP contribution in [-0.2, 0) is 16.4 Å². The highest BCUT2D eigenvalue weighted by molar-refractivity contribution is 9.11. The molecule has 2 aromatic rings. The SMILES string of the molecule is O=S(=O)(NCCc1nccs1)c1ccc(Br)cc1Br. The van der Waals surface area contributed by atoms with Crippen LogP contribution in [0.1, 0.15) is 5.01 Å². The lowest BCUT2D eigenvalue weighted by Gasteiger charge is -2.08. The first-order valence-corrected chi connectivity index (χ1v) is 9.27. The van der Waals surface area contributed by atoms with Crippen LogP contribution in [0, 0.1) is 0 Å². The van der Waals surface area contributed by atoms with Crippen LogP contribution in [0.4, 0.5) is 0 Å². The fourth-order valence-corrected chi connectivity index (χ4v) is 4.84. The van der Waals surface area contributed by atoms with E-state index < -0.39 is 10.0 Å². The van der Waals surface area contributed by atoms with Gasteiger partial charge < -0.3 is 0 Å². The van der Waals surface area contributed by atoms with Crippen LogP contribution in [0.2, 0.25) is 0 Å². The Morgan fingerprint density at radius 3 is 2.74 bits per heavy atom. The summed E-state index contributed by atoms with van der Waals surface area (Å²) in [5, 5.41) is 2.78. The van der Waals surface area contributed by atoms with Crippen molar-refractivity contribution in [2.45, 2.75) is 11.3 Å². The first-order chi connectivity index (χ1) is 8.99. The van der Waals surface area contributed by atoms with E-state index in [-0.39, 0.29) is 4.90 Å². The fourth-order valence-electron chi connectivity index (χ4n) is 1.44. The average molecular weight is 426 g/mol. The van der Waals surface area contributed by atoms with Crippen LogP contribution in [0.25, 0.3) is 0 Å². The van der Waals surface area contributed by atoms with E-state index in [9.17, 15) is 8.42 Å². The maximum atomic E-state index is 12.1. The van der Waals surface area contributed by atoms with Gasteiger partial charge in [-0.05, 0) is 34.1 Å². The third kappa shape index (κ3) is 4.09. The molecule has 0 atom stereocenters. The van der Waals surface area contributed by atoms with E-state index in [0.717, 1.165) is 9.48 Å². The van der Waals surface area contributed by atoms with E-state index in [0.29, 0.717) is 17.4 Å². The van der Waals surface area contributed by atoms with Crippen LogP contribution in [0.15, 0.2) is 43.6 Å². The van der Waals surface area contributed by atoms with Crippen molar-refractivity contribution in [3.63, 3.8) is 0 Å². The van der Waals surface area contributed by atoms with E-state index >= 15 is 0 Å². The van der Waals surface area contributed by atoms with Crippen LogP contribution in [-0.4, -0.2) is 19.9 Å². The van der Waals surface area contributed by atoms with Gasteiger partial charge in [0, 0.05) is 33.5 Å². The highest BCUT2D eigenvalue weighted by atomic mass is 79.9. The lowest BCUT2D eigenvalue weighted by Crippen LogP contribution is -2.26. The minimum atomic E-state index is -3.50. The number of sulfonamides is 1. The maximum Gasteiger partial charge on any atom is 0.241 e. The molecule has 1 aromatic heterocycles. The Morgan fingerprint density at radius 2 is 2.11 bits per heavy atom. The highest BCUT2D eigenvalue weighted by Crippen LogP contribution is 2.25. The van der Waals surface area contributed by atoms with Crippen molar-refractivity contribution in [1.82, 2.24) is 9.71 Å². The number of nitrogens with one attached hydrogen (secondary N) is 1. The van der Waals surface area contributed by atoms with E-state index in [1.807, 2.05) is 5.38 Å². The van der Waals surface area contributed by atoms with E-state index in [4.69, 9.17) is 0 Å². The zero-order valence-electron chi connectivity index (χ0n) is 9.64. The maximum absolute atomic E-state index is 12.1. The lowest BCUT2D eigenvalue weighted by molar-refractivity contribution is 0.581. The number of nitrogens with zero attached hydrogens (tertiary/aromatic N) is 1. The normalized spacial score (nSPS) is 11.7. The number of thiazole rings is 1. The van der Waals surface area contributed by atoms with E-state index in [2.05, 4.69) is 41.6 Å². The number of aromatic nitrogens is 1. The molecule has 0 aliphatic rings. The molecule has 0 amide bonds. The summed E-state index contributed by atoms with van der Waals surface area (Å²) in [5.41, 5.74) is 0. The molecule has 1 heterocycles. The molecule has 0 fully saturated rings.